The van der Waals surface area contributed by atoms with E-state index >= 15 is 0 Å². The summed E-state index contributed by atoms with van der Waals surface area (Å²) in [5, 5.41) is 28.1. The van der Waals surface area contributed by atoms with E-state index in [0.29, 0.717) is 11.4 Å². The predicted molar refractivity (Wildman–Crippen MR) is 53.9 cm³/mol. The van der Waals surface area contributed by atoms with Gasteiger partial charge in [-0.25, -0.2) is 0 Å². The Hall–Kier alpha value is -1.04. The Bertz CT molecular complexity index is 349. The van der Waals surface area contributed by atoms with Crippen LogP contribution in [0.4, 0.5) is 0 Å². The summed E-state index contributed by atoms with van der Waals surface area (Å²) in [6, 6.07) is 0. The number of aliphatic hydroxyl groups excluding tert-OH is 1. The smallest absolute Gasteiger partial charge is 0.196 e. The first-order valence-electron chi connectivity index (χ1n) is 4.93. The van der Waals surface area contributed by atoms with Gasteiger partial charge in [-0.15, -0.1) is 0 Å². The molecule has 2 aliphatic carbocycles. The molecule has 0 radical (unpaired) electrons. The molecule has 2 rings (SSSR count). The van der Waals surface area contributed by atoms with Crippen molar-refractivity contribution in [2.24, 2.45) is 29.2 Å². The third-order valence-corrected chi connectivity index (χ3v) is 3.47. The van der Waals surface area contributed by atoms with Crippen LogP contribution in [0.25, 0.3) is 0 Å². The van der Waals surface area contributed by atoms with Crippen molar-refractivity contribution in [3.05, 3.63) is 23.5 Å². The van der Waals surface area contributed by atoms with Gasteiger partial charge in [0, 0.05) is 11.6 Å². The number of aliphatic hydroxyl groups is 3. The Morgan fingerprint density at radius 1 is 1.33 bits per heavy atom. The third kappa shape index (κ3) is 1.35. The Kier molecular flexibility index (Phi) is 2.08. The molecule has 2 unspecified atom stereocenters. The quantitative estimate of drug-likeness (QED) is 0.343. The monoisotopic (exact) mass is 212 g/mol. The van der Waals surface area contributed by atoms with E-state index in [1.54, 1.807) is 12.2 Å². The van der Waals surface area contributed by atoms with Crippen molar-refractivity contribution in [1.29, 1.82) is 0 Å². The normalized spacial score (nSPS) is 43.2. The van der Waals surface area contributed by atoms with Gasteiger partial charge in [0.2, 0.25) is 0 Å². The minimum atomic E-state index is -1.98. The molecule has 0 heterocycles. The SMILES string of the molecule is CC1C(N)=C(N)C=CC1[C@H]1[C@@H](O)C1(O)O. The lowest BCUT2D eigenvalue weighted by atomic mass is 9.82. The summed E-state index contributed by atoms with van der Waals surface area (Å²) in [5.74, 6) is -2.82. The second kappa shape index (κ2) is 2.98. The molecular weight excluding hydrogens is 196 g/mol. The van der Waals surface area contributed by atoms with Gasteiger partial charge < -0.3 is 26.8 Å². The summed E-state index contributed by atoms with van der Waals surface area (Å²) in [6.07, 6.45) is 2.33. The maximum Gasteiger partial charge on any atom is 0.196 e. The number of nitrogens with two attached hydrogens (primary N) is 2. The van der Waals surface area contributed by atoms with Crippen molar-refractivity contribution in [1.82, 2.24) is 0 Å². The average Bonchev–Trinajstić information content (AvgIpc) is 2.64. The first-order valence-corrected chi connectivity index (χ1v) is 4.93. The molecular formula is C10H16N2O3. The topological polar surface area (TPSA) is 113 Å². The molecule has 0 amide bonds. The standard InChI is InChI=1S/C10H16N2O3/c1-4-5(2-3-6(11)8(4)12)7-9(13)10(7,14)15/h2-5,7,9,13-15H,11-12H2,1H3/t4?,5?,7-,9+/m0/s1. The van der Waals surface area contributed by atoms with Crippen molar-refractivity contribution in [3.63, 3.8) is 0 Å². The molecule has 0 aromatic heterocycles. The van der Waals surface area contributed by atoms with Crippen molar-refractivity contribution >= 4 is 0 Å². The summed E-state index contributed by atoms with van der Waals surface area (Å²) in [6.45, 7) is 1.86. The molecule has 84 valence electrons. The molecule has 5 nitrogen and oxygen atoms in total. The van der Waals surface area contributed by atoms with Gasteiger partial charge in [-0.2, -0.15) is 0 Å². The molecule has 0 aromatic rings. The Morgan fingerprint density at radius 3 is 2.33 bits per heavy atom. The van der Waals surface area contributed by atoms with Crippen LogP contribution >= 0.6 is 0 Å². The lowest BCUT2D eigenvalue weighted by Crippen LogP contribution is -2.28. The van der Waals surface area contributed by atoms with E-state index in [1.807, 2.05) is 6.92 Å². The van der Waals surface area contributed by atoms with Crippen molar-refractivity contribution in [3.8, 4) is 0 Å². The van der Waals surface area contributed by atoms with Crippen molar-refractivity contribution in [2.45, 2.75) is 18.8 Å². The van der Waals surface area contributed by atoms with E-state index in [4.69, 9.17) is 11.5 Å². The summed E-state index contributed by atoms with van der Waals surface area (Å²) >= 11 is 0. The van der Waals surface area contributed by atoms with Crippen LogP contribution < -0.4 is 11.5 Å². The molecule has 1 fully saturated rings. The number of hydrogen-bond acceptors (Lipinski definition) is 5. The van der Waals surface area contributed by atoms with Crippen LogP contribution in [0.15, 0.2) is 23.5 Å². The molecule has 0 aliphatic heterocycles. The van der Waals surface area contributed by atoms with Gasteiger partial charge in [0.15, 0.2) is 5.79 Å². The maximum atomic E-state index is 9.37. The third-order valence-electron chi connectivity index (χ3n) is 3.47. The highest BCUT2D eigenvalue weighted by Gasteiger charge is 2.66. The molecule has 0 spiro atoms. The van der Waals surface area contributed by atoms with Gasteiger partial charge >= 0.3 is 0 Å². The number of allylic oxidation sites excluding steroid dienone is 3. The molecule has 0 aromatic carbocycles. The summed E-state index contributed by atoms with van der Waals surface area (Å²) in [4.78, 5) is 0. The van der Waals surface area contributed by atoms with Crippen LogP contribution in [-0.2, 0) is 0 Å². The predicted octanol–water partition coefficient (Wildman–Crippen LogP) is -1.39. The number of rotatable bonds is 1. The van der Waals surface area contributed by atoms with Crippen LogP contribution in [0, 0.1) is 17.8 Å². The first kappa shape index (κ1) is 10.5. The lowest BCUT2D eigenvalue weighted by Gasteiger charge is -2.26. The molecule has 7 N–H and O–H groups in total. The Morgan fingerprint density at radius 2 is 1.87 bits per heavy atom. The van der Waals surface area contributed by atoms with Gasteiger partial charge in [-0.1, -0.05) is 13.0 Å². The molecule has 0 bridgehead atoms. The average molecular weight is 212 g/mol. The zero-order chi connectivity index (χ0) is 11.4. The lowest BCUT2D eigenvalue weighted by molar-refractivity contribution is -0.109. The van der Waals surface area contributed by atoms with E-state index in [9.17, 15) is 15.3 Å². The molecule has 2 aliphatic rings. The number of hydrogen-bond donors (Lipinski definition) is 5. The summed E-state index contributed by atoms with van der Waals surface area (Å²) < 4.78 is 0. The Labute approximate surface area is 87.7 Å². The van der Waals surface area contributed by atoms with E-state index in [0.717, 1.165) is 0 Å². The van der Waals surface area contributed by atoms with E-state index in [2.05, 4.69) is 0 Å². The Balaban J connectivity index is 2.19. The fraction of sp³-hybridized carbons (Fsp3) is 0.600. The summed E-state index contributed by atoms with van der Waals surface area (Å²) in [5.41, 5.74) is 12.5. The van der Waals surface area contributed by atoms with Crippen molar-refractivity contribution < 1.29 is 15.3 Å². The van der Waals surface area contributed by atoms with Crippen molar-refractivity contribution in [2.75, 3.05) is 0 Å². The highest BCUT2D eigenvalue weighted by molar-refractivity contribution is 5.31. The van der Waals surface area contributed by atoms with Gasteiger partial charge in [0.05, 0.1) is 11.6 Å². The summed E-state index contributed by atoms with van der Waals surface area (Å²) in [7, 11) is 0. The fourth-order valence-corrected chi connectivity index (χ4v) is 2.24. The van der Waals surface area contributed by atoms with Gasteiger partial charge in [-0.3, -0.25) is 0 Å². The van der Waals surface area contributed by atoms with Gasteiger partial charge in [0.25, 0.3) is 0 Å². The zero-order valence-corrected chi connectivity index (χ0v) is 8.46. The van der Waals surface area contributed by atoms with Gasteiger partial charge in [-0.05, 0) is 12.0 Å². The fourth-order valence-electron chi connectivity index (χ4n) is 2.24. The van der Waals surface area contributed by atoms with E-state index < -0.39 is 17.8 Å². The minimum Gasteiger partial charge on any atom is -0.400 e. The molecule has 4 atom stereocenters. The largest absolute Gasteiger partial charge is 0.400 e. The minimum absolute atomic E-state index is 0.0872. The van der Waals surface area contributed by atoms with E-state index in [1.165, 1.54) is 0 Å². The second-order valence-corrected chi connectivity index (χ2v) is 4.39. The molecule has 15 heavy (non-hydrogen) atoms. The van der Waals surface area contributed by atoms with Crippen LogP contribution in [-0.4, -0.2) is 27.2 Å². The van der Waals surface area contributed by atoms with Crippen LogP contribution in [0.5, 0.6) is 0 Å². The van der Waals surface area contributed by atoms with Crippen LogP contribution in [0.2, 0.25) is 0 Å². The highest BCUT2D eigenvalue weighted by Crippen LogP contribution is 2.51. The molecule has 0 saturated heterocycles. The van der Waals surface area contributed by atoms with Crippen LogP contribution in [0.3, 0.4) is 0 Å². The maximum absolute atomic E-state index is 9.37. The van der Waals surface area contributed by atoms with E-state index in [-0.39, 0.29) is 11.8 Å². The second-order valence-electron chi connectivity index (χ2n) is 4.39. The first-order chi connectivity index (χ1) is 6.87. The highest BCUT2D eigenvalue weighted by atomic mass is 16.5. The zero-order valence-electron chi connectivity index (χ0n) is 8.46. The van der Waals surface area contributed by atoms with Gasteiger partial charge in [0.1, 0.15) is 6.10 Å². The van der Waals surface area contributed by atoms with Crippen LogP contribution in [0.1, 0.15) is 6.92 Å². The molecule has 1 saturated carbocycles. The molecule has 5 heteroatoms.